The summed E-state index contributed by atoms with van der Waals surface area (Å²) >= 11 is 0. The zero-order valence-corrected chi connectivity index (χ0v) is 13.0. The van der Waals surface area contributed by atoms with Gasteiger partial charge in [-0.2, -0.15) is 0 Å². The van der Waals surface area contributed by atoms with Crippen LogP contribution in [0, 0.1) is 0 Å². The fourth-order valence-electron chi connectivity index (χ4n) is 1.78. The van der Waals surface area contributed by atoms with Crippen molar-refractivity contribution in [1.82, 2.24) is 5.32 Å². The van der Waals surface area contributed by atoms with Crippen LogP contribution < -0.4 is 20.5 Å². The molecule has 1 amide bonds. The topological polar surface area (TPSA) is 82.8 Å². The summed E-state index contributed by atoms with van der Waals surface area (Å²) in [6.45, 7) is 2.84. The zero-order chi connectivity index (χ0) is 16.5. The maximum Gasteiger partial charge on any atom is 0.407 e. The number of carbonyl (C=O) groups is 1. The summed E-state index contributed by atoms with van der Waals surface area (Å²) in [5.41, 5.74) is 6.32. The molecular formula is C17H20N2O4. The quantitative estimate of drug-likeness (QED) is 0.605. The molecule has 0 saturated heterocycles. The first kappa shape index (κ1) is 16.5. The highest BCUT2D eigenvalue weighted by atomic mass is 16.5. The van der Waals surface area contributed by atoms with Crippen LogP contribution in [-0.2, 0) is 4.74 Å². The molecule has 122 valence electrons. The van der Waals surface area contributed by atoms with Crippen LogP contribution in [0.4, 0.5) is 10.5 Å². The van der Waals surface area contributed by atoms with E-state index in [1.165, 1.54) is 0 Å². The van der Waals surface area contributed by atoms with Crippen LogP contribution in [0.5, 0.6) is 17.2 Å². The molecular weight excluding hydrogens is 296 g/mol. The Bertz CT molecular complexity index is 611. The highest BCUT2D eigenvalue weighted by Gasteiger charge is 2.01. The van der Waals surface area contributed by atoms with Gasteiger partial charge in [0.05, 0.1) is 13.2 Å². The first-order valence-electron chi connectivity index (χ1n) is 7.34. The van der Waals surface area contributed by atoms with Gasteiger partial charge in [-0.15, -0.1) is 0 Å². The Hall–Kier alpha value is -2.89. The summed E-state index contributed by atoms with van der Waals surface area (Å²) in [6.07, 6.45) is -0.441. The summed E-state index contributed by atoms with van der Waals surface area (Å²) in [4.78, 5) is 11.1. The van der Waals surface area contributed by atoms with Gasteiger partial charge in [-0.1, -0.05) is 0 Å². The maximum atomic E-state index is 11.1. The third-order valence-electron chi connectivity index (χ3n) is 2.86. The number of amides is 1. The lowest BCUT2D eigenvalue weighted by molar-refractivity contribution is 0.150. The van der Waals surface area contributed by atoms with Crippen LogP contribution in [0.25, 0.3) is 0 Å². The molecule has 0 heterocycles. The Morgan fingerprint density at radius 3 is 2.17 bits per heavy atom. The number of anilines is 1. The molecule has 0 aliphatic carbocycles. The number of nitrogen functional groups attached to an aromatic ring is 1. The molecule has 0 spiro atoms. The molecule has 2 aromatic carbocycles. The molecule has 6 nitrogen and oxygen atoms in total. The first-order valence-corrected chi connectivity index (χ1v) is 7.34. The number of hydrogen-bond donors (Lipinski definition) is 2. The predicted molar refractivity (Wildman–Crippen MR) is 87.9 cm³/mol. The minimum atomic E-state index is -0.441. The van der Waals surface area contributed by atoms with E-state index in [2.05, 4.69) is 5.32 Å². The Morgan fingerprint density at radius 2 is 1.57 bits per heavy atom. The fourth-order valence-corrected chi connectivity index (χ4v) is 1.78. The lowest BCUT2D eigenvalue weighted by atomic mass is 10.3. The molecule has 2 aromatic rings. The Labute approximate surface area is 135 Å². The zero-order valence-electron chi connectivity index (χ0n) is 13.0. The van der Waals surface area contributed by atoms with E-state index < -0.39 is 6.09 Å². The van der Waals surface area contributed by atoms with Crippen LogP contribution in [0.1, 0.15) is 6.92 Å². The van der Waals surface area contributed by atoms with Gasteiger partial charge in [-0.05, 0) is 55.5 Å². The number of nitrogens with two attached hydrogens (primary N) is 1. The van der Waals surface area contributed by atoms with Gasteiger partial charge in [0.1, 0.15) is 23.9 Å². The molecule has 0 saturated carbocycles. The van der Waals surface area contributed by atoms with Crippen molar-refractivity contribution >= 4 is 11.8 Å². The molecule has 23 heavy (non-hydrogen) atoms. The average Bonchev–Trinajstić information content (AvgIpc) is 2.55. The molecule has 0 atom stereocenters. The van der Waals surface area contributed by atoms with E-state index in [0.717, 1.165) is 0 Å². The minimum Gasteiger partial charge on any atom is -0.492 e. The molecule has 6 heteroatoms. The molecule has 2 rings (SSSR count). The maximum absolute atomic E-state index is 11.1. The minimum absolute atomic E-state index is 0.349. The molecule has 0 bridgehead atoms. The van der Waals surface area contributed by atoms with Gasteiger partial charge < -0.3 is 25.3 Å². The van der Waals surface area contributed by atoms with Crippen molar-refractivity contribution in [2.24, 2.45) is 0 Å². The van der Waals surface area contributed by atoms with Crippen molar-refractivity contribution in [2.75, 3.05) is 25.5 Å². The number of carbonyl (C=O) groups excluding carboxylic acids is 1. The smallest absolute Gasteiger partial charge is 0.407 e. The van der Waals surface area contributed by atoms with E-state index in [9.17, 15) is 4.79 Å². The molecule has 0 aromatic heterocycles. The summed E-state index contributed by atoms with van der Waals surface area (Å²) in [5.74, 6) is 2.11. The lowest BCUT2D eigenvalue weighted by Gasteiger charge is -2.09. The second-order valence-electron chi connectivity index (χ2n) is 4.64. The Kier molecular flexibility index (Phi) is 6.11. The molecule has 0 aliphatic heterocycles. The summed E-state index contributed by atoms with van der Waals surface area (Å²) in [6, 6.07) is 14.4. The van der Waals surface area contributed by atoms with Crippen LogP contribution in [0.15, 0.2) is 48.5 Å². The third-order valence-corrected chi connectivity index (χ3v) is 2.86. The van der Waals surface area contributed by atoms with Gasteiger partial charge in [0.2, 0.25) is 0 Å². The van der Waals surface area contributed by atoms with E-state index in [1.54, 1.807) is 43.3 Å². The summed E-state index contributed by atoms with van der Waals surface area (Å²) in [7, 11) is 0. The lowest BCUT2D eigenvalue weighted by Crippen LogP contribution is -2.28. The van der Waals surface area contributed by atoms with Gasteiger partial charge in [-0.25, -0.2) is 4.79 Å². The molecule has 0 aliphatic rings. The molecule has 3 N–H and O–H groups in total. The van der Waals surface area contributed by atoms with E-state index in [-0.39, 0.29) is 0 Å². The molecule has 0 fully saturated rings. The van der Waals surface area contributed by atoms with E-state index in [4.69, 9.17) is 19.9 Å². The predicted octanol–water partition coefficient (Wildman–Crippen LogP) is 3.19. The highest BCUT2D eigenvalue weighted by molar-refractivity contribution is 5.66. The van der Waals surface area contributed by atoms with E-state index >= 15 is 0 Å². The highest BCUT2D eigenvalue weighted by Crippen LogP contribution is 2.24. The normalized spacial score (nSPS) is 9.96. The third kappa shape index (κ3) is 5.78. The van der Waals surface area contributed by atoms with Gasteiger partial charge in [0, 0.05) is 5.69 Å². The van der Waals surface area contributed by atoms with Crippen LogP contribution in [-0.4, -0.2) is 25.9 Å². The number of benzene rings is 2. The fraction of sp³-hybridized carbons (Fsp3) is 0.235. The largest absolute Gasteiger partial charge is 0.492 e. The van der Waals surface area contributed by atoms with Gasteiger partial charge in [0.15, 0.2) is 0 Å². The van der Waals surface area contributed by atoms with E-state index in [1.807, 2.05) is 12.1 Å². The second kappa shape index (κ2) is 8.53. The molecule has 0 radical (unpaired) electrons. The summed E-state index contributed by atoms with van der Waals surface area (Å²) in [5, 5.41) is 2.58. The van der Waals surface area contributed by atoms with Gasteiger partial charge in [0.25, 0.3) is 0 Å². The molecule has 0 unspecified atom stereocenters. The van der Waals surface area contributed by atoms with Gasteiger partial charge in [-0.3, -0.25) is 0 Å². The van der Waals surface area contributed by atoms with E-state index in [0.29, 0.717) is 42.7 Å². The summed E-state index contributed by atoms with van der Waals surface area (Å²) < 4.78 is 15.9. The van der Waals surface area contributed by atoms with Crippen molar-refractivity contribution in [3.05, 3.63) is 48.5 Å². The van der Waals surface area contributed by atoms with Gasteiger partial charge >= 0.3 is 6.09 Å². The number of hydrogen-bond acceptors (Lipinski definition) is 5. The number of ether oxygens (including phenoxy) is 3. The Balaban J connectivity index is 1.76. The van der Waals surface area contributed by atoms with Crippen LogP contribution >= 0.6 is 0 Å². The average molecular weight is 316 g/mol. The Morgan fingerprint density at radius 1 is 1.00 bits per heavy atom. The number of rotatable bonds is 7. The van der Waals surface area contributed by atoms with Crippen molar-refractivity contribution in [3.63, 3.8) is 0 Å². The van der Waals surface area contributed by atoms with Crippen LogP contribution in [0.3, 0.4) is 0 Å². The van der Waals surface area contributed by atoms with Crippen molar-refractivity contribution in [2.45, 2.75) is 6.92 Å². The van der Waals surface area contributed by atoms with Crippen molar-refractivity contribution in [3.8, 4) is 17.2 Å². The number of nitrogens with one attached hydrogen (secondary N) is 1. The second-order valence-corrected chi connectivity index (χ2v) is 4.64. The van der Waals surface area contributed by atoms with Crippen LogP contribution in [0.2, 0.25) is 0 Å². The first-order chi connectivity index (χ1) is 11.2. The van der Waals surface area contributed by atoms with Crippen molar-refractivity contribution < 1.29 is 19.0 Å². The standard InChI is InChI=1S/C17H20N2O4/c1-2-21-17(20)19-11-12-22-14-7-9-16(10-8-14)23-15-5-3-13(18)4-6-15/h3-10H,2,11-12,18H2,1H3,(H,19,20). The SMILES string of the molecule is CCOC(=O)NCCOc1ccc(Oc2ccc(N)cc2)cc1. The monoisotopic (exact) mass is 316 g/mol. The number of alkyl carbamates (subject to hydrolysis) is 1. The van der Waals surface area contributed by atoms with Crippen molar-refractivity contribution in [1.29, 1.82) is 0 Å².